The van der Waals surface area contributed by atoms with E-state index in [1.807, 2.05) is 55.5 Å². The number of nitrogens with one attached hydrogen (secondary N) is 2. The summed E-state index contributed by atoms with van der Waals surface area (Å²) in [6, 6.07) is 18.2. The summed E-state index contributed by atoms with van der Waals surface area (Å²) < 4.78 is 12.4. The Bertz CT molecular complexity index is 2190. The SMILES string of the molecule is COc1nc(-c2cccc(-c3cccc(-c4ccn5c(=O)c(CNCC(C)OC)cnc5c4)c3Cl)c2Cl)ccc1CN(C[C@@H]1CCC(=O)N1)C(=O)O. The van der Waals surface area contributed by atoms with Crippen LogP contribution in [0.4, 0.5) is 4.79 Å². The van der Waals surface area contributed by atoms with Gasteiger partial charge in [-0.25, -0.2) is 14.8 Å². The number of pyridine rings is 2. The molecule has 0 saturated carbocycles. The van der Waals surface area contributed by atoms with Crippen LogP contribution < -0.4 is 20.9 Å². The van der Waals surface area contributed by atoms with Crippen LogP contribution in [0.5, 0.6) is 5.88 Å². The van der Waals surface area contributed by atoms with Gasteiger partial charge in [0.15, 0.2) is 0 Å². The van der Waals surface area contributed by atoms with E-state index in [0.29, 0.717) is 75.1 Å². The number of carboxylic acid groups (broad SMARTS) is 1. The van der Waals surface area contributed by atoms with Gasteiger partial charge in [0.1, 0.15) is 5.65 Å². The van der Waals surface area contributed by atoms with Gasteiger partial charge in [-0.1, -0.05) is 59.6 Å². The van der Waals surface area contributed by atoms with Crippen molar-refractivity contribution in [3.63, 3.8) is 0 Å². The number of amides is 2. The second-order valence-electron chi connectivity index (χ2n) is 12.6. The summed E-state index contributed by atoms with van der Waals surface area (Å²) in [7, 11) is 3.12. The Hall–Kier alpha value is -5.01. The monoisotopic (exact) mass is 744 g/mol. The van der Waals surface area contributed by atoms with Crippen molar-refractivity contribution in [2.45, 2.75) is 45.0 Å². The number of halogens is 2. The zero-order valence-electron chi connectivity index (χ0n) is 28.9. The molecule has 14 heteroatoms. The number of rotatable bonds is 13. The van der Waals surface area contributed by atoms with Crippen molar-refractivity contribution in [2.24, 2.45) is 0 Å². The average Bonchev–Trinajstić information content (AvgIpc) is 3.56. The summed E-state index contributed by atoms with van der Waals surface area (Å²) in [5.74, 6) is 0.176. The molecule has 12 nitrogen and oxygen atoms in total. The molecule has 0 spiro atoms. The molecule has 5 aromatic rings. The number of carbonyl (C=O) groups excluding carboxylic acids is 1. The Morgan fingerprint density at radius 3 is 2.42 bits per heavy atom. The molecule has 2 aromatic carbocycles. The maximum atomic E-state index is 13.2. The molecule has 3 N–H and O–H groups in total. The van der Waals surface area contributed by atoms with E-state index in [1.54, 1.807) is 31.6 Å². The van der Waals surface area contributed by atoms with E-state index in [9.17, 15) is 19.5 Å². The highest BCUT2D eigenvalue weighted by molar-refractivity contribution is 6.39. The highest BCUT2D eigenvalue weighted by Crippen LogP contribution is 2.42. The van der Waals surface area contributed by atoms with E-state index < -0.39 is 6.09 Å². The van der Waals surface area contributed by atoms with Gasteiger partial charge in [-0.3, -0.25) is 14.0 Å². The second kappa shape index (κ2) is 16.1. The number of aromatic nitrogens is 3. The summed E-state index contributed by atoms with van der Waals surface area (Å²) in [5, 5.41) is 16.8. The van der Waals surface area contributed by atoms with Crippen LogP contribution in [0.15, 0.2) is 77.9 Å². The molecular formula is C38H38Cl2N6O6. The molecule has 0 aliphatic carbocycles. The molecule has 1 aliphatic rings. The number of nitrogens with zero attached hydrogens (tertiary/aromatic N) is 4. The van der Waals surface area contributed by atoms with Crippen molar-refractivity contribution in [1.82, 2.24) is 29.9 Å². The van der Waals surface area contributed by atoms with E-state index in [0.717, 1.165) is 11.1 Å². The molecule has 270 valence electrons. The van der Waals surface area contributed by atoms with Crippen LogP contribution >= 0.6 is 23.2 Å². The van der Waals surface area contributed by atoms with Gasteiger partial charge in [0.05, 0.1) is 35.5 Å². The largest absolute Gasteiger partial charge is 0.481 e. The Balaban J connectivity index is 1.27. The first kappa shape index (κ1) is 36.8. The predicted molar refractivity (Wildman–Crippen MR) is 200 cm³/mol. The van der Waals surface area contributed by atoms with E-state index >= 15 is 0 Å². The van der Waals surface area contributed by atoms with Crippen LogP contribution in [0.2, 0.25) is 10.0 Å². The quantitative estimate of drug-likeness (QED) is 0.127. The average molecular weight is 746 g/mol. The summed E-state index contributed by atoms with van der Waals surface area (Å²) in [6.07, 6.45) is 3.15. The summed E-state index contributed by atoms with van der Waals surface area (Å²) in [6.45, 7) is 3.10. The van der Waals surface area contributed by atoms with E-state index in [1.165, 1.54) is 16.4 Å². The third kappa shape index (κ3) is 7.90. The number of methoxy groups -OCH3 is 2. The number of ether oxygens (including phenoxy) is 2. The minimum absolute atomic E-state index is 0.0206. The molecule has 52 heavy (non-hydrogen) atoms. The van der Waals surface area contributed by atoms with Crippen LogP contribution in [0, 0.1) is 0 Å². The Kier molecular flexibility index (Phi) is 11.4. The molecule has 6 rings (SSSR count). The normalized spacial score (nSPS) is 14.7. The number of carbonyl (C=O) groups is 2. The van der Waals surface area contributed by atoms with Crippen LogP contribution in [-0.2, 0) is 22.6 Å². The maximum absolute atomic E-state index is 13.2. The molecule has 2 atom stereocenters. The minimum Gasteiger partial charge on any atom is -0.481 e. The lowest BCUT2D eigenvalue weighted by Crippen LogP contribution is -2.41. The molecule has 1 unspecified atom stereocenters. The molecule has 1 fully saturated rings. The van der Waals surface area contributed by atoms with Crippen molar-refractivity contribution in [3.05, 3.63) is 105 Å². The molecule has 3 aromatic heterocycles. The van der Waals surface area contributed by atoms with Crippen molar-refractivity contribution < 1.29 is 24.2 Å². The van der Waals surface area contributed by atoms with E-state index in [-0.39, 0.29) is 42.6 Å². The Morgan fingerprint density at radius 1 is 1.04 bits per heavy atom. The standard InChI is InChI=1S/C38H38Cl2N6O6/c1-22(51-2)17-41-18-25-19-42-32-16-23(14-15-46(32)37(25)48)27-6-4-7-28(34(27)39)29-8-5-9-30(35(29)40)31-12-10-24(36(44-31)52-3)20-45(38(49)50)21-26-11-13-33(47)43-26/h4-10,12,14-16,19,22,26,41H,11,13,17-18,20-21H2,1-3H3,(H,43,47)(H,49,50)/t22?,26-/m0/s1. The van der Waals surface area contributed by atoms with Crippen LogP contribution in [0.25, 0.3) is 39.2 Å². The lowest BCUT2D eigenvalue weighted by atomic mass is 9.97. The van der Waals surface area contributed by atoms with Crippen LogP contribution in [0.1, 0.15) is 30.9 Å². The number of hydrogen-bond donors (Lipinski definition) is 3. The number of benzene rings is 2. The Labute approximate surface area is 310 Å². The van der Waals surface area contributed by atoms with Crippen molar-refractivity contribution >= 4 is 40.8 Å². The van der Waals surface area contributed by atoms with Gasteiger partial charge in [0.25, 0.3) is 5.56 Å². The second-order valence-corrected chi connectivity index (χ2v) is 13.3. The Morgan fingerprint density at radius 2 is 1.75 bits per heavy atom. The lowest BCUT2D eigenvalue weighted by molar-refractivity contribution is -0.119. The molecule has 1 aliphatic heterocycles. The van der Waals surface area contributed by atoms with Crippen molar-refractivity contribution in [2.75, 3.05) is 27.3 Å². The molecular weight excluding hydrogens is 707 g/mol. The maximum Gasteiger partial charge on any atom is 0.407 e. The van der Waals surface area contributed by atoms with Crippen LogP contribution in [-0.4, -0.2) is 75.8 Å². The third-order valence-electron chi connectivity index (χ3n) is 9.09. The zero-order valence-corrected chi connectivity index (χ0v) is 30.4. The van der Waals surface area contributed by atoms with Crippen LogP contribution in [0.3, 0.4) is 0 Å². The first-order chi connectivity index (χ1) is 25.1. The highest BCUT2D eigenvalue weighted by atomic mass is 35.5. The van der Waals surface area contributed by atoms with Gasteiger partial charge in [0.2, 0.25) is 11.8 Å². The van der Waals surface area contributed by atoms with Gasteiger partial charge >= 0.3 is 6.09 Å². The molecule has 0 radical (unpaired) electrons. The molecule has 2 amide bonds. The third-order valence-corrected chi connectivity index (χ3v) is 9.91. The summed E-state index contributed by atoms with van der Waals surface area (Å²) in [4.78, 5) is 47.4. The highest BCUT2D eigenvalue weighted by Gasteiger charge is 2.26. The van der Waals surface area contributed by atoms with Gasteiger partial charge < -0.3 is 30.1 Å². The fraction of sp³-hybridized carbons (Fsp3) is 0.289. The molecule has 1 saturated heterocycles. The first-order valence-corrected chi connectivity index (χ1v) is 17.5. The van der Waals surface area contributed by atoms with E-state index in [2.05, 4.69) is 15.6 Å². The summed E-state index contributed by atoms with van der Waals surface area (Å²) >= 11 is 14.2. The number of fused-ring (bicyclic) bond motifs is 1. The molecule has 4 heterocycles. The topological polar surface area (TPSA) is 147 Å². The van der Waals surface area contributed by atoms with Gasteiger partial charge in [-0.2, -0.15) is 0 Å². The van der Waals surface area contributed by atoms with Crippen molar-refractivity contribution in [3.8, 4) is 39.4 Å². The van der Waals surface area contributed by atoms with Gasteiger partial charge in [-0.15, -0.1) is 0 Å². The number of hydrogen-bond acceptors (Lipinski definition) is 8. The predicted octanol–water partition coefficient (Wildman–Crippen LogP) is 6.29. The van der Waals surface area contributed by atoms with E-state index in [4.69, 9.17) is 37.7 Å². The van der Waals surface area contributed by atoms with Gasteiger partial charge in [-0.05, 0) is 43.2 Å². The summed E-state index contributed by atoms with van der Waals surface area (Å²) in [5.41, 5.74) is 5.49. The van der Waals surface area contributed by atoms with Crippen molar-refractivity contribution in [1.29, 1.82) is 0 Å². The fourth-order valence-corrected chi connectivity index (χ4v) is 6.87. The lowest BCUT2D eigenvalue weighted by Gasteiger charge is -2.23. The first-order valence-electron chi connectivity index (χ1n) is 16.7. The molecule has 0 bridgehead atoms. The zero-order chi connectivity index (χ0) is 36.9. The van der Waals surface area contributed by atoms with Gasteiger partial charge in [0, 0.05) is 85.0 Å². The minimum atomic E-state index is -1.11. The smallest absolute Gasteiger partial charge is 0.407 e. The fourth-order valence-electron chi connectivity index (χ4n) is 6.21.